The molecular weight excluding hydrogens is 306 g/mol. The van der Waals surface area contributed by atoms with Crippen LogP contribution in [0.1, 0.15) is 18.9 Å². The molecule has 1 aromatic rings. The fourth-order valence-corrected chi connectivity index (χ4v) is 3.14. The molecule has 0 unspecified atom stereocenters. The molecule has 0 aliphatic carbocycles. The van der Waals surface area contributed by atoms with Crippen LogP contribution in [0.5, 0.6) is 0 Å². The third kappa shape index (κ3) is 4.15. The fraction of sp³-hybridized carbons (Fsp3) is 0.267. The Bertz CT molecular complexity index is 584. The van der Waals surface area contributed by atoms with Crippen molar-refractivity contribution in [3.8, 4) is 0 Å². The zero-order valence-electron chi connectivity index (χ0n) is 11.6. The number of thioether (sulfide) groups is 1. The molecule has 2 rings (SSSR count). The monoisotopic (exact) mass is 321 g/mol. The molecule has 0 spiro atoms. The Hall–Kier alpha value is -1.66. The van der Waals surface area contributed by atoms with Crippen LogP contribution in [0.3, 0.4) is 0 Å². The maximum atomic E-state index is 12.3. The van der Waals surface area contributed by atoms with E-state index in [1.807, 2.05) is 36.4 Å². The number of rotatable bonds is 5. The smallest absolute Gasteiger partial charge is 0.307 e. The van der Waals surface area contributed by atoms with E-state index in [4.69, 9.17) is 17.0 Å². The topological polar surface area (TPSA) is 46.6 Å². The van der Waals surface area contributed by atoms with Crippen molar-refractivity contribution in [2.75, 3.05) is 13.2 Å². The summed E-state index contributed by atoms with van der Waals surface area (Å²) in [6.07, 6.45) is 1.96. The maximum Gasteiger partial charge on any atom is 0.307 e. The molecule has 0 N–H and O–H groups in total. The number of amides is 1. The van der Waals surface area contributed by atoms with Crippen LogP contribution in [0, 0.1) is 0 Å². The Morgan fingerprint density at radius 2 is 2.10 bits per heavy atom. The summed E-state index contributed by atoms with van der Waals surface area (Å²) < 4.78 is 5.33. The third-order valence-corrected chi connectivity index (χ3v) is 4.19. The first-order chi connectivity index (χ1) is 10.1. The summed E-state index contributed by atoms with van der Waals surface area (Å²) in [4.78, 5) is 25.7. The first-order valence-electron chi connectivity index (χ1n) is 6.58. The minimum absolute atomic E-state index is 0.152. The lowest BCUT2D eigenvalue weighted by Crippen LogP contribution is -2.30. The summed E-state index contributed by atoms with van der Waals surface area (Å²) >= 11 is 6.46. The molecule has 21 heavy (non-hydrogen) atoms. The van der Waals surface area contributed by atoms with E-state index in [2.05, 4.69) is 0 Å². The minimum Gasteiger partial charge on any atom is -0.466 e. The van der Waals surface area contributed by atoms with Crippen molar-refractivity contribution in [2.45, 2.75) is 13.3 Å². The number of ether oxygens (including phenoxy) is 1. The van der Waals surface area contributed by atoms with Crippen LogP contribution in [0.2, 0.25) is 0 Å². The molecule has 110 valence electrons. The number of hydrogen-bond acceptors (Lipinski definition) is 5. The summed E-state index contributed by atoms with van der Waals surface area (Å²) in [5.41, 5.74) is 0.948. The van der Waals surface area contributed by atoms with Gasteiger partial charge in [-0.25, -0.2) is 0 Å². The lowest BCUT2D eigenvalue weighted by atomic mass is 10.2. The number of benzene rings is 1. The molecule has 6 heteroatoms. The van der Waals surface area contributed by atoms with Gasteiger partial charge in [0.05, 0.1) is 17.9 Å². The van der Waals surface area contributed by atoms with E-state index in [0.29, 0.717) is 15.8 Å². The molecule has 1 fully saturated rings. The van der Waals surface area contributed by atoms with E-state index >= 15 is 0 Å². The van der Waals surface area contributed by atoms with Gasteiger partial charge < -0.3 is 4.74 Å². The Labute approximate surface area is 133 Å². The molecule has 0 aromatic heterocycles. The second-order valence-electron chi connectivity index (χ2n) is 4.30. The first kappa shape index (κ1) is 15.7. The van der Waals surface area contributed by atoms with Gasteiger partial charge in [-0.05, 0) is 18.6 Å². The standard InChI is InChI=1S/C15H15NO3S2/c1-2-19-13(17)8-9-16-14(18)12(21-15(16)20)10-11-6-4-3-5-7-11/h3-7,10H,2,8-9H2,1H3. The van der Waals surface area contributed by atoms with Crippen molar-refractivity contribution in [3.05, 3.63) is 40.8 Å². The molecule has 1 saturated heterocycles. The lowest BCUT2D eigenvalue weighted by molar-refractivity contribution is -0.143. The summed E-state index contributed by atoms with van der Waals surface area (Å²) in [5.74, 6) is -0.475. The quantitative estimate of drug-likeness (QED) is 0.474. The molecule has 1 aliphatic heterocycles. The van der Waals surface area contributed by atoms with Gasteiger partial charge in [0.25, 0.3) is 5.91 Å². The van der Waals surface area contributed by atoms with E-state index in [1.165, 1.54) is 16.7 Å². The zero-order chi connectivity index (χ0) is 15.2. The fourth-order valence-electron chi connectivity index (χ4n) is 1.83. The summed E-state index contributed by atoms with van der Waals surface area (Å²) in [6, 6.07) is 9.58. The van der Waals surface area contributed by atoms with Crippen LogP contribution in [-0.4, -0.2) is 34.2 Å². The number of carbonyl (C=O) groups is 2. The maximum absolute atomic E-state index is 12.3. The highest BCUT2D eigenvalue weighted by Crippen LogP contribution is 2.32. The predicted molar refractivity (Wildman–Crippen MR) is 87.6 cm³/mol. The largest absolute Gasteiger partial charge is 0.466 e. The average Bonchev–Trinajstić information content (AvgIpc) is 2.73. The van der Waals surface area contributed by atoms with Crippen molar-refractivity contribution >= 4 is 46.3 Å². The Balaban J connectivity index is 2.03. The van der Waals surface area contributed by atoms with Crippen molar-refractivity contribution in [2.24, 2.45) is 0 Å². The van der Waals surface area contributed by atoms with Crippen molar-refractivity contribution < 1.29 is 14.3 Å². The van der Waals surface area contributed by atoms with Crippen LogP contribution in [0.4, 0.5) is 0 Å². The van der Waals surface area contributed by atoms with Crippen LogP contribution in [0.25, 0.3) is 6.08 Å². The first-order valence-corrected chi connectivity index (χ1v) is 7.80. The van der Waals surface area contributed by atoms with E-state index in [-0.39, 0.29) is 24.8 Å². The highest BCUT2D eigenvalue weighted by atomic mass is 32.2. The number of carbonyl (C=O) groups excluding carboxylic acids is 2. The third-order valence-electron chi connectivity index (χ3n) is 2.82. The van der Waals surface area contributed by atoms with Gasteiger partial charge in [0.15, 0.2) is 0 Å². The van der Waals surface area contributed by atoms with Crippen molar-refractivity contribution in [1.29, 1.82) is 0 Å². The molecule has 1 heterocycles. The Morgan fingerprint density at radius 1 is 1.38 bits per heavy atom. The second kappa shape index (κ2) is 7.38. The van der Waals surface area contributed by atoms with Gasteiger partial charge in [-0.1, -0.05) is 54.3 Å². The SMILES string of the molecule is CCOC(=O)CCN1C(=O)C(=Cc2ccccc2)SC1=S. The minimum atomic E-state index is -0.321. The second-order valence-corrected chi connectivity index (χ2v) is 5.97. The predicted octanol–water partition coefficient (Wildman–Crippen LogP) is 2.84. The van der Waals surface area contributed by atoms with Gasteiger partial charge in [0, 0.05) is 6.54 Å². The van der Waals surface area contributed by atoms with E-state index in [1.54, 1.807) is 6.92 Å². The highest BCUT2D eigenvalue weighted by molar-refractivity contribution is 8.26. The van der Waals surface area contributed by atoms with Crippen LogP contribution in [0.15, 0.2) is 35.2 Å². The molecule has 0 atom stereocenters. The van der Waals surface area contributed by atoms with Crippen LogP contribution >= 0.6 is 24.0 Å². The van der Waals surface area contributed by atoms with E-state index in [9.17, 15) is 9.59 Å². The molecular formula is C15H15NO3S2. The summed E-state index contributed by atoms with van der Waals surface area (Å²) in [5, 5.41) is 0. The van der Waals surface area contributed by atoms with Gasteiger partial charge in [-0.3, -0.25) is 14.5 Å². The number of hydrogen-bond donors (Lipinski definition) is 0. The lowest BCUT2D eigenvalue weighted by Gasteiger charge is -2.13. The molecule has 1 aliphatic rings. The molecule has 0 radical (unpaired) electrons. The Kier molecular flexibility index (Phi) is 5.52. The van der Waals surface area contributed by atoms with Gasteiger partial charge in [-0.2, -0.15) is 0 Å². The van der Waals surface area contributed by atoms with Gasteiger partial charge >= 0.3 is 5.97 Å². The normalized spacial score (nSPS) is 16.6. The molecule has 1 aromatic carbocycles. The van der Waals surface area contributed by atoms with E-state index in [0.717, 1.165) is 5.56 Å². The van der Waals surface area contributed by atoms with Crippen molar-refractivity contribution in [1.82, 2.24) is 4.90 Å². The van der Waals surface area contributed by atoms with E-state index < -0.39 is 0 Å². The molecule has 4 nitrogen and oxygen atoms in total. The molecule has 0 bridgehead atoms. The summed E-state index contributed by atoms with van der Waals surface area (Å²) in [6.45, 7) is 2.35. The van der Waals surface area contributed by atoms with Gasteiger partial charge in [-0.15, -0.1) is 0 Å². The summed E-state index contributed by atoms with van der Waals surface area (Å²) in [7, 11) is 0. The van der Waals surface area contributed by atoms with Gasteiger partial charge in [0.1, 0.15) is 4.32 Å². The van der Waals surface area contributed by atoms with Gasteiger partial charge in [0.2, 0.25) is 0 Å². The highest BCUT2D eigenvalue weighted by Gasteiger charge is 2.32. The molecule has 1 amide bonds. The number of thiocarbonyl (C=S) groups is 1. The molecule has 0 saturated carbocycles. The average molecular weight is 321 g/mol. The zero-order valence-corrected chi connectivity index (χ0v) is 13.2. The number of nitrogens with zero attached hydrogens (tertiary/aromatic N) is 1. The van der Waals surface area contributed by atoms with Crippen LogP contribution in [-0.2, 0) is 14.3 Å². The van der Waals surface area contributed by atoms with Crippen LogP contribution < -0.4 is 0 Å². The number of esters is 1. The van der Waals surface area contributed by atoms with Crippen molar-refractivity contribution in [3.63, 3.8) is 0 Å². The Morgan fingerprint density at radius 3 is 2.76 bits per heavy atom.